The van der Waals surface area contributed by atoms with Crippen molar-refractivity contribution in [2.45, 2.75) is 37.7 Å². The van der Waals surface area contributed by atoms with Crippen molar-refractivity contribution in [2.75, 3.05) is 19.5 Å². The molecular formula is C18H22N6O3S2. The Balaban J connectivity index is 1.79. The standard InChI is InChI=1S/C18H22N6O3S2/c1-6-24-15(12-7-8-13(26-4)14(9-12)27-5)21-23-18(24)28-10(2)16(25)19-17-22-20-11(3)29-17/h7-10H,6H2,1-5H3,(H,19,22,25)/t10-/m1/s1. The van der Waals surface area contributed by atoms with Gasteiger partial charge >= 0.3 is 0 Å². The van der Waals surface area contributed by atoms with E-state index in [-0.39, 0.29) is 11.2 Å². The number of benzene rings is 1. The third-order valence-corrected chi connectivity index (χ3v) is 5.92. The van der Waals surface area contributed by atoms with Crippen LogP contribution in [0.15, 0.2) is 23.4 Å². The van der Waals surface area contributed by atoms with Gasteiger partial charge in [-0.15, -0.1) is 20.4 Å². The first-order valence-electron chi connectivity index (χ1n) is 8.90. The van der Waals surface area contributed by atoms with E-state index in [2.05, 4.69) is 25.7 Å². The molecule has 0 saturated heterocycles. The smallest absolute Gasteiger partial charge is 0.239 e. The lowest BCUT2D eigenvalue weighted by Crippen LogP contribution is -2.22. The van der Waals surface area contributed by atoms with Gasteiger partial charge in [0.15, 0.2) is 22.5 Å². The molecule has 2 heterocycles. The molecule has 0 spiro atoms. The second-order valence-electron chi connectivity index (χ2n) is 6.00. The fraction of sp³-hybridized carbons (Fsp3) is 0.389. The van der Waals surface area contributed by atoms with Crippen LogP contribution in [0.4, 0.5) is 5.13 Å². The zero-order chi connectivity index (χ0) is 21.0. The Bertz CT molecular complexity index is 1000. The van der Waals surface area contributed by atoms with Gasteiger partial charge in [0, 0.05) is 12.1 Å². The summed E-state index contributed by atoms with van der Waals surface area (Å²) in [4.78, 5) is 12.5. The summed E-state index contributed by atoms with van der Waals surface area (Å²) in [6, 6.07) is 5.59. The molecule has 3 aromatic rings. The predicted molar refractivity (Wildman–Crippen MR) is 113 cm³/mol. The molecule has 11 heteroatoms. The Labute approximate surface area is 176 Å². The molecule has 0 aliphatic heterocycles. The summed E-state index contributed by atoms with van der Waals surface area (Å²) < 4.78 is 12.6. The second-order valence-corrected chi connectivity index (χ2v) is 8.49. The molecule has 1 N–H and O–H groups in total. The van der Waals surface area contributed by atoms with Gasteiger partial charge in [-0.05, 0) is 39.0 Å². The molecule has 0 fully saturated rings. The lowest BCUT2D eigenvalue weighted by molar-refractivity contribution is -0.115. The Morgan fingerprint density at radius 3 is 2.59 bits per heavy atom. The van der Waals surface area contributed by atoms with Crippen molar-refractivity contribution >= 4 is 34.1 Å². The van der Waals surface area contributed by atoms with Gasteiger partial charge in [-0.25, -0.2) is 0 Å². The molecule has 1 atom stereocenters. The van der Waals surface area contributed by atoms with Gasteiger partial charge in [0.05, 0.1) is 19.5 Å². The van der Waals surface area contributed by atoms with E-state index in [1.165, 1.54) is 23.1 Å². The highest BCUT2D eigenvalue weighted by Crippen LogP contribution is 2.33. The maximum absolute atomic E-state index is 12.5. The van der Waals surface area contributed by atoms with Crippen LogP contribution in [0, 0.1) is 6.92 Å². The number of amides is 1. The van der Waals surface area contributed by atoms with Crippen molar-refractivity contribution < 1.29 is 14.3 Å². The summed E-state index contributed by atoms with van der Waals surface area (Å²) in [5.74, 6) is 1.79. The fourth-order valence-electron chi connectivity index (χ4n) is 2.62. The van der Waals surface area contributed by atoms with Gasteiger partial charge in [-0.2, -0.15) is 0 Å². The van der Waals surface area contributed by atoms with Gasteiger partial charge in [0.2, 0.25) is 11.0 Å². The molecule has 3 rings (SSSR count). The zero-order valence-electron chi connectivity index (χ0n) is 16.8. The number of thioether (sulfide) groups is 1. The Hall–Kier alpha value is -2.66. The van der Waals surface area contributed by atoms with Crippen molar-refractivity contribution in [3.8, 4) is 22.9 Å². The minimum Gasteiger partial charge on any atom is -0.493 e. The number of aryl methyl sites for hydroxylation is 1. The van der Waals surface area contributed by atoms with Gasteiger partial charge in [-0.3, -0.25) is 10.1 Å². The van der Waals surface area contributed by atoms with E-state index in [1.54, 1.807) is 14.2 Å². The minimum absolute atomic E-state index is 0.163. The first-order chi connectivity index (χ1) is 14.0. The molecule has 2 aromatic heterocycles. The number of anilines is 1. The number of ether oxygens (including phenoxy) is 2. The van der Waals surface area contributed by atoms with Crippen LogP contribution in [0.25, 0.3) is 11.4 Å². The Morgan fingerprint density at radius 2 is 1.97 bits per heavy atom. The molecule has 9 nitrogen and oxygen atoms in total. The third-order valence-electron chi connectivity index (χ3n) is 4.08. The zero-order valence-corrected chi connectivity index (χ0v) is 18.4. The Morgan fingerprint density at radius 1 is 1.21 bits per heavy atom. The van der Waals surface area contributed by atoms with E-state index in [1.807, 2.05) is 43.5 Å². The van der Waals surface area contributed by atoms with Crippen LogP contribution >= 0.6 is 23.1 Å². The van der Waals surface area contributed by atoms with Crippen molar-refractivity contribution in [3.63, 3.8) is 0 Å². The number of rotatable bonds is 8. The molecule has 0 unspecified atom stereocenters. The van der Waals surface area contributed by atoms with E-state index in [0.717, 1.165) is 10.6 Å². The molecule has 0 aliphatic rings. The average molecular weight is 435 g/mol. The number of nitrogens with zero attached hydrogens (tertiary/aromatic N) is 5. The van der Waals surface area contributed by atoms with Crippen molar-refractivity contribution in [3.05, 3.63) is 23.2 Å². The first kappa shape index (κ1) is 21.1. The Kier molecular flexibility index (Phi) is 6.70. The van der Waals surface area contributed by atoms with E-state index in [4.69, 9.17) is 9.47 Å². The number of hydrogen-bond donors (Lipinski definition) is 1. The summed E-state index contributed by atoms with van der Waals surface area (Å²) in [7, 11) is 3.18. The quantitative estimate of drug-likeness (QED) is 0.539. The highest BCUT2D eigenvalue weighted by atomic mass is 32.2. The molecule has 29 heavy (non-hydrogen) atoms. The summed E-state index contributed by atoms with van der Waals surface area (Å²) in [5, 5.41) is 20.8. The van der Waals surface area contributed by atoms with Gasteiger partial charge in [0.1, 0.15) is 5.01 Å². The molecule has 0 aliphatic carbocycles. The predicted octanol–water partition coefficient (Wildman–Crippen LogP) is 3.26. The van der Waals surface area contributed by atoms with E-state index >= 15 is 0 Å². The van der Waals surface area contributed by atoms with Crippen LogP contribution < -0.4 is 14.8 Å². The maximum Gasteiger partial charge on any atom is 0.239 e. The van der Waals surface area contributed by atoms with Crippen LogP contribution in [-0.2, 0) is 11.3 Å². The lowest BCUT2D eigenvalue weighted by Gasteiger charge is -2.12. The van der Waals surface area contributed by atoms with Gasteiger partial charge in [0.25, 0.3) is 0 Å². The molecule has 1 aromatic carbocycles. The summed E-state index contributed by atoms with van der Waals surface area (Å²) in [6.07, 6.45) is 0. The van der Waals surface area contributed by atoms with E-state index in [0.29, 0.717) is 34.2 Å². The van der Waals surface area contributed by atoms with Crippen molar-refractivity contribution in [2.24, 2.45) is 0 Å². The summed E-state index contributed by atoms with van der Waals surface area (Å²) >= 11 is 2.68. The first-order valence-corrected chi connectivity index (χ1v) is 10.6. The number of hydrogen-bond acceptors (Lipinski definition) is 9. The number of aromatic nitrogens is 5. The monoisotopic (exact) mass is 434 g/mol. The molecule has 1 amide bonds. The maximum atomic E-state index is 12.5. The second kappa shape index (κ2) is 9.23. The number of methoxy groups -OCH3 is 2. The lowest BCUT2D eigenvalue weighted by atomic mass is 10.2. The van der Waals surface area contributed by atoms with Crippen LogP contribution in [0.5, 0.6) is 11.5 Å². The largest absolute Gasteiger partial charge is 0.493 e. The van der Waals surface area contributed by atoms with Crippen LogP contribution in [0.2, 0.25) is 0 Å². The third kappa shape index (κ3) is 4.67. The van der Waals surface area contributed by atoms with Gasteiger partial charge < -0.3 is 14.0 Å². The van der Waals surface area contributed by atoms with E-state index < -0.39 is 0 Å². The van der Waals surface area contributed by atoms with Crippen LogP contribution in [-0.4, -0.2) is 50.3 Å². The topological polar surface area (TPSA) is 104 Å². The highest BCUT2D eigenvalue weighted by molar-refractivity contribution is 8.00. The average Bonchev–Trinajstić information content (AvgIpc) is 3.32. The number of carbonyl (C=O) groups is 1. The van der Waals surface area contributed by atoms with Crippen molar-refractivity contribution in [1.82, 2.24) is 25.0 Å². The number of carbonyl (C=O) groups excluding carboxylic acids is 1. The van der Waals surface area contributed by atoms with Crippen LogP contribution in [0.1, 0.15) is 18.9 Å². The molecule has 0 bridgehead atoms. The molecule has 0 radical (unpaired) electrons. The van der Waals surface area contributed by atoms with Crippen LogP contribution in [0.3, 0.4) is 0 Å². The fourth-order valence-corrected chi connectivity index (χ4v) is 4.12. The van der Waals surface area contributed by atoms with E-state index in [9.17, 15) is 4.79 Å². The summed E-state index contributed by atoms with van der Waals surface area (Å²) in [5.41, 5.74) is 0.852. The summed E-state index contributed by atoms with van der Waals surface area (Å²) in [6.45, 7) is 6.32. The molecule has 0 saturated carbocycles. The normalized spacial score (nSPS) is 11.9. The van der Waals surface area contributed by atoms with Gasteiger partial charge in [-0.1, -0.05) is 23.1 Å². The highest BCUT2D eigenvalue weighted by Gasteiger charge is 2.21. The molecular weight excluding hydrogens is 412 g/mol. The minimum atomic E-state index is -0.382. The number of nitrogens with one attached hydrogen (secondary N) is 1. The SMILES string of the molecule is CCn1c(S[C@H](C)C(=O)Nc2nnc(C)s2)nnc1-c1ccc(OC)c(OC)c1. The molecule has 154 valence electrons. The van der Waals surface area contributed by atoms with Crippen molar-refractivity contribution in [1.29, 1.82) is 0 Å².